The normalized spacial score (nSPS) is 19.5. The van der Waals surface area contributed by atoms with Crippen molar-refractivity contribution in [2.45, 2.75) is 25.1 Å². The lowest BCUT2D eigenvalue weighted by Crippen LogP contribution is -2.43. The first-order valence-electron chi connectivity index (χ1n) is 10.1. The number of benzene rings is 1. The smallest absolute Gasteiger partial charge is 0.299 e. The van der Waals surface area contributed by atoms with Gasteiger partial charge in [-0.1, -0.05) is 12.1 Å². The molecular weight excluding hydrogens is 423 g/mol. The fourth-order valence-corrected chi connectivity index (χ4v) is 4.07. The molecule has 1 fully saturated rings. The van der Waals surface area contributed by atoms with Gasteiger partial charge in [0.25, 0.3) is 5.91 Å². The summed E-state index contributed by atoms with van der Waals surface area (Å²) in [4.78, 5) is 31.9. The van der Waals surface area contributed by atoms with Gasteiger partial charge in [0.05, 0.1) is 17.5 Å². The molecule has 3 heterocycles. The summed E-state index contributed by atoms with van der Waals surface area (Å²) in [5.41, 5.74) is 1.84. The van der Waals surface area contributed by atoms with E-state index in [1.165, 1.54) is 17.2 Å². The van der Waals surface area contributed by atoms with Crippen LogP contribution in [0.2, 0.25) is 0 Å². The van der Waals surface area contributed by atoms with E-state index in [1.807, 2.05) is 0 Å². The number of carbonyl (C=O) groups is 2. The van der Waals surface area contributed by atoms with Gasteiger partial charge in [-0.05, 0) is 36.6 Å². The van der Waals surface area contributed by atoms with Crippen LogP contribution in [0.1, 0.15) is 24.4 Å². The molecule has 32 heavy (non-hydrogen) atoms. The molecule has 0 bridgehead atoms. The summed E-state index contributed by atoms with van der Waals surface area (Å²) in [6, 6.07) is 7.64. The maximum absolute atomic E-state index is 13.3. The van der Waals surface area contributed by atoms with Gasteiger partial charge >= 0.3 is 6.18 Å². The van der Waals surface area contributed by atoms with Crippen molar-refractivity contribution in [1.29, 1.82) is 0 Å². The molecule has 1 unspecified atom stereocenters. The Kier molecular flexibility index (Phi) is 4.61. The Labute approximate surface area is 181 Å². The Morgan fingerprint density at radius 2 is 2.03 bits per heavy atom. The van der Waals surface area contributed by atoms with Gasteiger partial charge in [0.1, 0.15) is 18.4 Å². The second kappa shape index (κ2) is 7.25. The Balaban J connectivity index is 1.61. The number of anilines is 2. The quantitative estimate of drug-likeness (QED) is 0.705. The molecule has 3 aliphatic rings. The van der Waals surface area contributed by atoms with E-state index in [1.54, 1.807) is 37.5 Å². The molecule has 7 nitrogen and oxygen atoms in total. The first-order chi connectivity index (χ1) is 15.2. The van der Waals surface area contributed by atoms with Crippen molar-refractivity contribution in [2.75, 3.05) is 23.4 Å². The number of azo groups is 1. The minimum atomic E-state index is -4.58. The third kappa shape index (κ3) is 3.45. The van der Waals surface area contributed by atoms with Crippen molar-refractivity contribution in [3.8, 4) is 11.1 Å². The topological polar surface area (TPSA) is 78.2 Å². The maximum atomic E-state index is 13.3. The first-order valence-corrected chi connectivity index (χ1v) is 10.1. The predicted molar refractivity (Wildman–Crippen MR) is 110 cm³/mol. The summed E-state index contributed by atoms with van der Waals surface area (Å²) in [7, 11) is 1.64. The molecule has 0 saturated heterocycles. The predicted octanol–water partition coefficient (Wildman–Crippen LogP) is 4.42. The van der Waals surface area contributed by atoms with Gasteiger partial charge in [-0.15, -0.1) is 0 Å². The zero-order chi connectivity index (χ0) is 22.6. The SMILES string of the molecule is CN(C(=O)C1CC1)c1ncccc1-c1ccc2c(c1)N(CC(F)(F)F)C(=O)C1=CN=NC12. The number of hydrogen-bond donors (Lipinski definition) is 0. The molecule has 1 atom stereocenters. The lowest BCUT2D eigenvalue weighted by molar-refractivity contribution is -0.130. The second-order valence-electron chi connectivity index (χ2n) is 8.04. The number of carbonyl (C=O) groups excluding carboxylic acids is 2. The van der Waals surface area contributed by atoms with Gasteiger partial charge in [-0.3, -0.25) is 19.4 Å². The van der Waals surface area contributed by atoms with Crippen LogP contribution in [0.3, 0.4) is 0 Å². The fourth-order valence-electron chi connectivity index (χ4n) is 4.07. The van der Waals surface area contributed by atoms with E-state index in [0.29, 0.717) is 27.4 Å². The first kappa shape index (κ1) is 20.3. The van der Waals surface area contributed by atoms with Gasteiger partial charge in [0.2, 0.25) is 5.91 Å². The van der Waals surface area contributed by atoms with Crippen molar-refractivity contribution >= 4 is 23.3 Å². The van der Waals surface area contributed by atoms with Gasteiger partial charge in [-0.25, -0.2) is 4.98 Å². The van der Waals surface area contributed by atoms with Crippen LogP contribution >= 0.6 is 0 Å². The molecule has 2 aromatic rings. The molecule has 2 amide bonds. The van der Waals surface area contributed by atoms with E-state index in [9.17, 15) is 22.8 Å². The minimum absolute atomic E-state index is 0.0174. The molecule has 0 spiro atoms. The number of alkyl halides is 3. The van der Waals surface area contributed by atoms with Crippen LogP contribution in [-0.4, -0.2) is 36.6 Å². The number of hydrogen-bond acceptors (Lipinski definition) is 5. The minimum Gasteiger partial charge on any atom is -0.299 e. The summed E-state index contributed by atoms with van der Waals surface area (Å²) < 4.78 is 39.9. The van der Waals surface area contributed by atoms with Gasteiger partial charge in [0.15, 0.2) is 0 Å². The van der Waals surface area contributed by atoms with E-state index in [4.69, 9.17) is 0 Å². The van der Waals surface area contributed by atoms with Crippen LogP contribution in [-0.2, 0) is 9.59 Å². The number of halogens is 3. The lowest BCUT2D eigenvalue weighted by Gasteiger charge is -2.33. The van der Waals surface area contributed by atoms with Crippen molar-refractivity contribution in [2.24, 2.45) is 16.1 Å². The van der Waals surface area contributed by atoms with Crippen LogP contribution in [0.15, 0.2) is 58.5 Å². The number of aromatic nitrogens is 1. The van der Waals surface area contributed by atoms with Crippen molar-refractivity contribution in [1.82, 2.24) is 4.98 Å². The van der Waals surface area contributed by atoms with Gasteiger partial charge in [0, 0.05) is 30.3 Å². The Bertz CT molecular complexity index is 1190. The van der Waals surface area contributed by atoms with Crippen molar-refractivity contribution < 1.29 is 22.8 Å². The van der Waals surface area contributed by atoms with E-state index < -0.39 is 24.7 Å². The fraction of sp³-hybridized carbons (Fsp3) is 0.318. The molecule has 1 aromatic carbocycles. The maximum Gasteiger partial charge on any atom is 0.406 e. The highest BCUT2D eigenvalue weighted by molar-refractivity contribution is 6.10. The van der Waals surface area contributed by atoms with Crippen LogP contribution in [0.4, 0.5) is 24.7 Å². The molecular formula is C22H18F3N5O2. The number of amides is 2. The summed E-state index contributed by atoms with van der Waals surface area (Å²) in [5.74, 6) is -0.418. The summed E-state index contributed by atoms with van der Waals surface area (Å²) >= 11 is 0. The molecule has 1 aliphatic carbocycles. The summed E-state index contributed by atoms with van der Waals surface area (Å²) in [6.45, 7) is -1.42. The summed E-state index contributed by atoms with van der Waals surface area (Å²) in [5, 5.41) is 7.76. The monoisotopic (exact) mass is 441 g/mol. The van der Waals surface area contributed by atoms with Gasteiger partial charge in [-0.2, -0.15) is 23.4 Å². The highest BCUT2D eigenvalue weighted by Gasteiger charge is 2.43. The molecule has 0 radical (unpaired) electrons. The molecule has 10 heteroatoms. The van der Waals surface area contributed by atoms with Gasteiger partial charge < -0.3 is 0 Å². The highest BCUT2D eigenvalue weighted by Crippen LogP contribution is 2.45. The number of nitrogens with zero attached hydrogens (tertiary/aromatic N) is 5. The van der Waals surface area contributed by atoms with Crippen molar-refractivity contribution in [3.05, 3.63) is 53.9 Å². The molecule has 1 saturated carbocycles. The summed E-state index contributed by atoms with van der Waals surface area (Å²) in [6.07, 6.45) is -0.136. The molecule has 164 valence electrons. The van der Waals surface area contributed by atoms with E-state index >= 15 is 0 Å². The standard InChI is InChI=1S/C22H18F3N5O2/c1-29(20(31)12-4-5-12)19-14(3-2-8-26-19)13-6-7-15-17(9-13)30(11-22(23,24)25)21(32)16-10-27-28-18(15)16/h2-3,6-10,12,18H,4-5,11H2,1H3. The molecule has 0 N–H and O–H groups in total. The zero-order valence-corrected chi connectivity index (χ0v) is 17.0. The Hall–Kier alpha value is -3.56. The van der Waals surface area contributed by atoms with E-state index in [0.717, 1.165) is 12.8 Å². The largest absolute Gasteiger partial charge is 0.406 e. The van der Waals surface area contributed by atoms with Crippen LogP contribution in [0.25, 0.3) is 11.1 Å². The molecule has 1 aromatic heterocycles. The molecule has 5 rings (SSSR count). The lowest BCUT2D eigenvalue weighted by atomic mass is 9.90. The third-order valence-electron chi connectivity index (χ3n) is 5.79. The Morgan fingerprint density at radius 1 is 1.25 bits per heavy atom. The number of rotatable bonds is 4. The average Bonchev–Trinajstić information content (AvgIpc) is 3.50. The molecule has 2 aliphatic heterocycles. The number of pyridine rings is 1. The Morgan fingerprint density at radius 3 is 2.75 bits per heavy atom. The second-order valence-corrected chi connectivity index (χ2v) is 8.04. The van der Waals surface area contributed by atoms with Crippen LogP contribution in [0, 0.1) is 5.92 Å². The van der Waals surface area contributed by atoms with Crippen LogP contribution < -0.4 is 9.80 Å². The van der Waals surface area contributed by atoms with E-state index in [-0.39, 0.29) is 23.1 Å². The van der Waals surface area contributed by atoms with E-state index in [2.05, 4.69) is 15.2 Å². The van der Waals surface area contributed by atoms with Crippen LogP contribution in [0.5, 0.6) is 0 Å². The third-order valence-corrected chi connectivity index (χ3v) is 5.79. The zero-order valence-electron chi connectivity index (χ0n) is 17.0. The van der Waals surface area contributed by atoms with Crippen molar-refractivity contribution in [3.63, 3.8) is 0 Å². The number of fused-ring (bicyclic) bond motifs is 3. The highest BCUT2D eigenvalue weighted by atomic mass is 19.4. The average molecular weight is 441 g/mol.